The van der Waals surface area contributed by atoms with Crippen molar-refractivity contribution >= 4 is 6.21 Å². The molecule has 1 rings (SSSR count). The third kappa shape index (κ3) is 2.37. The van der Waals surface area contributed by atoms with Crippen LogP contribution in [0.2, 0.25) is 0 Å². The third-order valence-electron chi connectivity index (χ3n) is 1.01. The van der Waals surface area contributed by atoms with Crippen molar-refractivity contribution in [3.05, 3.63) is 11.9 Å². The number of oxime groups is 1. The van der Waals surface area contributed by atoms with Gasteiger partial charge in [-0.2, -0.15) is 15.0 Å². The number of hydrogen-bond donors (Lipinski definition) is 0. The van der Waals surface area contributed by atoms with Crippen molar-refractivity contribution in [3.8, 4) is 0 Å². The molecule has 1 aromatic heterocycles. The van der Waals surface area contributed by atoms with E-state index in [-0.39, 0.29) is 0 Å². The predicted octanol–water partition coefficient (Wildman–Crippen LogP) is 0.185. The third-order valence-corrected chi connectivity index (χ3v) is 1.01. The van der Waals surface area contributed by atoms with Gasteiger partial charge >= 0.3 is 0 Å². The second kappa shape index (κ2) is 3.70. The van der Waals surface area contributed by atoms with E-state index in [0.717, 1.165) is 0 Å². The van der Waals surface area contributed by atoms with Crippen molar-refractivity contribution < 1.29 is 4.84 Å². The van der Waals surface area contributed by atoms with Crippen LogP contribution in [0.1, 0.15) is 12.6 Å². The first-order valence-corrected chi connectivity index (χ1v) is 3.34. The standard InChI is InChI=1S/C6H10N4O/c1-3-11-8-5-6-4-7-10(2)9-6/h4-5H,3H2,1-2H3/b8-5+. The highest BCUT2D eigenvalue weighted by Gasteiger charge is 1.91. The average Bonchev–Trinajstić information content (AvgIpc) is 2.37. The monoisotopic (exact) mass is 154 g/mol. The normalized spacial score (nSPS) is 10.7. The number of aromatic nitrogens is 3. The van der Waals surface area contributed by atoms with Crippen LogP contribution < -0.4 is 0 Å². The fraction of sp³-hybridized carbons (Fsp3) is 0.500. The Morgan fingerprint density at radius 3 is 3.18 bits per heavy atom. The van der Waals surface area contributed by atoms with E-state index < -0.39 is 0 Å². The molecule has 5 nitrogen and oxygen atoms in total. The van der Waals surface area contributed by atoms with Crippen molar-refractivity contribution in [2.75, 3.05) is 6.61 Å². The van der Waals surface area contributed by atoms with Crippen molar-refractivity contribution in [2.24, 2.45) is 12.2 Å². The van der Waals surface area contributed by atoms with E-state index in [1.165, 1.54) is 11.0 Å². The predicted molar refractivity (Wildman–Crippen MR) is 40.2 cm³/mol. The zero-order valence-electron chi connectivity index (χ0n) is 6.56. The Kier molecular flexibility index (Phi) is 2.59. The first-order valence-electron chi connectivity index (χ1n) is 3.34. The van der Waals surface area contributed by atoms with Gasteiger partial charge < -0.3 is 4.84 Å². The Bertz CT molecular complexity index is 242. The number of hydrogen-bond acceptors (Lipinski definition) is 4. The minimum Gasteiger partial charge on any atom is -0.396 e. The summed E-state index contributed by atoms with van der Waals surface area (Å²) in [4.78, 5) is 6.20. The Morgan fingerprint density at radius 1 is 1.82 bits per heavy atom. The first kappa shape index (κ1) is 7.71. The molecule has 0 spiro atoms. The van der Waals surface area contributed by atoms with Crippen LogP contribution in [0.15, 0.2) is 11.4 Å². The Labute approximate surface area is 64.6 Å². The molecule has 11 heavy (non-hydrogen) atoms. The van der Waals surface area contributed by atoms with Crippen LogP contribution in [0.3, 0.4) is 0 Å². The van der Waals surface area contributed by atoms with Crippen LogP contribution in [0.4, 0.5) is 0 Å². The number of rotatable bonds is 3. The fourth-order valence-electron chi connectivity index (χ4n) is 0.586. The summed E-state index contributed by atoms with van der Waals surface area (Å²) in [6.45, 7) is 2.44. The summed E-state index contributed by atoms with van der Waals surface area (Å²) in [5, 5.41) is 11.4. The van der Waals surface area contributed by atoms with Crippen LogP contribution in [0.5, 0.6) is 0 Å². The van der Waals surface area contributed by atoms with Gasteiger partial charge in [0.1, 0.15) is 12.3 Å². The molecule has 60 valence electrons. The van der Waals surface area contributed by atoms with Gasteiger partial charge in [-0.15, -0.1) is 0 Å². The van der Waals surface area contributed by atoms with Crippen LogP contribution in [-0.4, -0.2) is 27.8 Å². The molecule has 0 saturated heterocycles. The topological polar surface area (TPSA) is 52.3 Å². The summed E-state index contributed by atoms with van der Waals surface area (Å²) in [5.41, 5.74) is 0.695. The van der Waals surface area contributed by atoms with Gasteiger partial charge in [-0.1, -0.05) is 5.16 Å². The molecule has 0 aliphatic carbocycles. The molecule has 0 saturated carbocycles. The molecule has 0 aliphatic rings. The fourth-order valence-corrected chi connectivity index (χ4v) is 0.586. The maximum absolute atomic E-state index is 4.74. The molecule has 0 radical (unpaired) electrons. The van der Waals surface area contributed by atoms with Gasteiger partial charge in [-0.3, -0.25) is 0 Å². The lowest BCUT2D eigenvalue weighted by atomic mass is 10.5. The number of aryl methyl sites for hydroxylation is 1. The molecule has 0 fully saturated rings. The SMILES string of the molecule is CCO/N=C/c1cnn(C)n1. The Balaban J connectivity index is 2.50. The lowest BCUT2D eigenvalue weighted by Crippen LogP contribution is -1.93. The van der Waals surface area contributed by atoms with Gasteiger partial charge in [0.15, 0.2) is 0 Å². The average molecular weight is 154 g/mol. The zero-order valence-corrected chi connectivity index (χ0v) is 6.56. The van der Waals surface area contributed by atoms with Gasteiger partial charge in [0.25, 0.3) is 0 Å². The highest BCUT2D eigenvalue weighted by Crippen LogP contribution is 1.84. The first-order chi connectivity index (χ1) is 5.33. The molecule has 0 atom stereocenters. The molecule has 0 N–H and O–H groups in total. The summed E-state index contributed by atoms with van der Waals surface area (Å²) in [7, 11) is 1.75. The van der Waals surface area contributed by atoms with Crippen molar-refractivity contribution in [1.82, 2.24) is 15.0 Å². The molecule has 1 aromatic rings. The molecule has 5 heteroatoms. The summed E-state index contributed by atoms with van der Waals surface area (Å²) >= 11 is 0. The summed E-state index contributed by atoms with van der Waals surface area (Å²) in [6, 6.07) is 0. The lowest BCUT2D eigenvalue weighted by molar-refractivity contribution is 0.160. The van der Waals surface area contributed by atoms with Gasteiger partial charge in [-0.25, -0.2) is 0 Å². The van der Waals surface area contributed by atoms with Crippen LogP contribution in [0.25, 0.3) is 0 Å². The van der Waals surface area contributed by atoms with E-state index in [0.29, 0.717) is 12.3 Å². The van der Waals surface area contributed by atoms with E-state index in [2.05, 4.69) is 15.4 Å². The zero-order chi connectivity index (χ0) is 8.10. The molecular weight excluding hydrogens is 144 g/mol. The van der Waals surface area contributed by atoms with Crippen molar-refractivity contribution in [1.29, 1.82) is 0 Å². The largest absolute Gasteiger partial charge is 0.396 e. The van der Waals surface area contributed by atoms with E-state index in [1.54, 1.807) is 13.2 Å². The summed E-state index contributed by atoms with van der Waals surface area (Å²) < 4.78 is 0. The molecule has 0 bridgehead atoms. The van der Waals surface area contributed by atoms with Gasteiger partial charge in [0.05, 0.1) is 12.4 Å². The van der Waals surface area contributed by atoms with Gasteiger partial charge in [0, 0.05) is 7.05 Å². The lowest BCUT2D eigenvalue weighted by Gasteiger charge is -1.87. The van der Waals surface area contributed by atoms with Crippen molar-refractivity contribution in [2.45, 2.75) is 6.92 Å². The maximum Gasteiger partial charge on any atom is 0.127 e. The molecule has 1 heterocycles. The van der Waals surface area contributed by atoms with E-state index in [9.17, 15) is 0 Å². The van der Waals surface area contributed by atoms with E-state index >= 15 is 0 Å². The highest BCUT2D eigenvalue weighted by atomic mass is 16.6. The smallest absolute Gasteiger partial charge is 0.127 e. The van der Waals surface area contributed by atoms with Crippen molar-refractivity contribution in [3.63, 3.8) is 0 Å². The quantitative estimate of drug-likeness (QED) is 0.461. The molecule has 0 aromatic carbocycles. The Morgan fingerprint density at radius 2 is 2.64 bits per heavy atom. The van der Waals surface area contributed by atoms with Gasteiger partial charge in [-0.05, 0) is 6.92 Å². The van der Waals surface area contributed by atoms with Crippen LogP contribution in [0, 0.1) is 0 Å². The Hall–Kier alpha value is -1.39. The second-order valence-electron chi connectivity index (χ2n) is 1.91. The molecule has 0 amide bonds. The number of nitrogens with zero attached hydrogens (tertiary/aromatic N) is 4. The molecule has 0 unspecified atom stereocenters. The molecular formula is C6H10N4O. The van der Waals surface area contributed by atoms with Gasteiger partial charge in [0.2, 0.25) is 0 Å². The molecule has 0 aliphatic heterocycles. The summed E-state index contributed by atoms with van der Waals surface area (Å²) in [5.74, 6) is 0. The second-order valence-corrected chi connectivity index (χ2v) is 1.91. The maximum atomic E-state index is 4.74. The van der Waals surface area contributed by atoms with E-state index in [4.69, 9.17) is 4.84 Å². The van der Waals surface area contributed by atoms with Crippen LogP contribution >= 0.6 is 0 Å². The minimum absolute atomic E-state index is 0.566. The summed E-state index contributed by atoms with van der Waals surface area (Å²) in [6.07, 6.45) is 3.14. The van der Waals surface area contributed by atoms with E-state index in [1.807, 2.05) is 6.92 Å². The minimum atomic E-state index is 0.566. The van der Waals surface area contributed by atoms with Crippen LogP contribution in [-0.2, 0) is 11.9 Å². The highest BCUT2D eigenvalue weighted by molar-refractivity contribution is 5.75.